The number of fused-ring (bicyclic) bond motifs is 2. The number of aromatic amines is 2. The number of H-pyrrole nitrogens is 2. The molecule has 0 unspecified atom stereocenters. The Morgan fingerprint density at radius 3 is 2.65 bits per heavy atom. The van der Waals surface area contributed by atoms with E-state index in [4.69, 9.17) is 0 Å². The number of rotatable bonds is 6. The molecule has 0 saturated carbocycles. The van der Waals surface area contributed by atoms with E-state index in [1.165, 1.54) is 11.3 Å². The number of ketones is 1. The van der Waals surface area contributed by atoms with Crippen molar-refractivity contribution in [3.63, 3.8) is 0 Å². The van der Waals surface area contributed by atoms with Gasteiger partial charge in [-0.15, -0.1) is 11.3 Å². The first-order valence-corrected chi connectivity index (χ1v) is 12.5. The molecule has 6 aromatic heterocycles. The molecule has 6 heterocycles. The minimum atomic E-state index is -0.0766. The lowest BCUT2D eigenvalue weighted by atomic mass is 10.1. The summed E-state index contributed by atoms with van der Waals surface area (Å²) in [6, 6.07) is 11.5. The van der Waals surface area contributed by atoms with Crippen molar-refractivity contribution in [3.8, 4) is 33.2 Å². The minimum Gasteiger partial charge on any atom is -0.353 e. The maximum absolute atomic E-state index is 11.8. The van der Waals surface area contributed by atoms with E-state index in [0.29, 0.717) is 22.7 Å². The molecule has 0 fully saturated rings. The standard InChI is InChI=1S/C27H21N7O2S/c1-3-25(36)31-16-8-15(11-28-12-16)20-9-18-22(13-30-20)33-34-26(18)21-10-17-19(32-21)6-7-29-27(17)24-5-4-23(37-24)14(2)35/h4-13,32H,3H2,1-2H3,(H,31,36)(H,33,34). The van der Waals surface area contributed by atoms with Crippen LogP contribution in [0.3, 0.4) is 0 Å². The van der Waals surface area contributed by atoms with E-state index in [-0.39, 0.29) is 11.7 Å². The summed E-state index contributed by atoms with van der Waals surface area (Å²) in [5.41, 5.74) is 6.23. The molecule has 0 aliphatic heterocycles. The van der Waals surface area contributed by atoms with Crippen LogP contribution < -0.4 is 5.32 Å². The van der Waals surface area contributed by atoms with Crippen molar-refractivity contribution < 1.29 is 9.59 Å². The summed E-state index contributed by atoms with van der Waals surface area (Å²) in [5, 5.41) is 12.3. The first kappa shape index (κ1) is 22.7. The number of hydrogen-bond donors (Lipinski definition) is 3. The molecule has 0 aromatic carbocycles. The van der Waals surface area contributed by atoms with Crippen LogP contribution in [-0.2, 0) is 4.79 Å². The van der Waals surface area contributed by atoms with Crippen LogP contribution in [0.15, 0.2) is 61.2 Å². The summed E-state index contributed by atoms with van der Waals surface area (Å²) >= 11 is 1.44. The fourth-order valence-electron chi connectivity index (χ4n) is 4.21. The summed E-state index contributed by atoms with van der Waals surface area (Å²) in [5.74, 6) is -0.0358. The van der Waals surface area contributed by atoms with Gasteiger partial charge in [-0.1, -0.05) is 6.92 Å². The number of carbonyl (C=O) groups excluding carboxylic acids is 2. The zero-order chi connectivity index (χ0) is 25.5. The second kappa shape index (κ2) is 9.07. The van der Waals surface area contributed by atoms with Crippen LogP contribution >= 0.6 is 11.3 Å². The Balaban J connectivity index is 1.42. The molecule has 1 amide bonds. The number of aromatic nitrogens is 6. The summed E-state index contributed by atoms with van der Waals surface area (Å²) < 4.78 is 0. The Kier molecular flexibility index (Phi) is 5.57. The van der Waals surface area contributed by atoms with Crippen LogP contribution in [-0.4, -0.2) is 41.8 Å². The van der Waals surface area contributed by atoms with Crippen molar-refractivity contribution in [2.45, 2.75) is 20.3 Å². The van der Waals surface area contributed by atoms with E-state index < -0.39 is 0 Å². The van der Waals surface area contributed by atoms with Gasteiger partial charge in [0, 0.05) is 40.7 Å². The number of anilines is 1. The quantitative estimate of drug-likeness (QED) is 0.243. The highest BCUT2D eigenvalue weighted by atomic mass is 32.1. The lowest BCUT2D eigenvalue weighted by Gasteiger charge is -2.06. The third-order valence-electron chi connectivity index (χ3n) is 6.08. The molecule has 0 spiro atoms. The molecule has 10 heteroatoms. The number of nitrogens with one attached hydrogen (secondary N) is 3. The van der Waals surface area contributed by atoms with Gasteiger partial charge in [0.05, 0.1) is 50.4 Å². The van der Waals surface area contributed by atoms with Crippen LogP contribution in [0.5, 0.6) is 0 Å². The van der Waals surface area contributed by atoms with Gasteiger partial charge in [-0.25, -0.2) is 0 Å². The van der Waals surface area contributed by atoms with E-state index in [1.807, 2.05) is 36.4 Å². The third kappa shape index (κ3) is 4.17. The average molecular weight is 508 g/mol. The molecule has 0 radical (unpaired) electrons. The minimum absolute atomic E-state index is 0.0408. The molecule has 6 rings (SSSR count). The average Bonchev–Trinajstić information content (AvgIpc) is 3.66. The van der Waals surface area contributed by atoms with Crippen molar-refractivity contribution in [2.75, 3.05) is 5.32 Å². The third-order valence-corrected chi connectivity index (χ3v) is 7.27. The number of Topliss-reactive ketones (excluding diaryl/α,β-unsaturated/α-hetero) is 1. The molecule has 0 saturated heterocycles. The number of amides is 1. The molecule has 3 N–H and O–H groups in total. The van der Waals surface area contributed by atoms with E-state index in [1.54, 1.807) is 38.6 Å². The summed E-state index contributed by atoms with van der Waals surface area (Å²) in [6.07, 6.45) is 7.21. The Morgan fingerprint density at radius 1 is 0.973 bits per heavy atom. The lowest BCUT2D eigenvalue weighted by Crippen LogP contribution is -2.09. The van der Waals surface area contributed by atoms with Gasteiger partial charge in [0.15, 0.2) is 5.78 Å². The van der Waals surface area contributed by atoms with Crippen molar-refractivity contribution in [1.82, 2.24) is 30.1 Å². The fourth-order valence-corrected chi connectivity index (χ4v) is 5.12. The second-order valence-corrected chi connectivity index (χ2v) is 9.66. The van der Waals surface area contributed by atoms with E-state index in [2.05, 4.69) is 35.5 Å². The van der Waals surface area contributed by atoms with Crippen LogP contribution in [0, 0.1) is 0 Å². The normalized spacial score (nSPS) is 11.3. The van der Waals surface area contributed by atoms with Crippen LogP contribution in [0.2, 0.25) is 0 Å². The Labute approximate surface area is 215 Å². The molecule has 0 aliphatic carbocycles. The van der Waals surface area contributed by atoms with E-state index >= 15 is 0 Å². The monoisotopic (exact) mass is 507 g/mol. The van der Waals surface area contributed by atoms with Crippen LogP contribution in [0.1, 0.15) is 29.9 Å². The fraction of sp³-hybridized carbons (Fsp3) is 0.111. The van der Waals surface area contributed by atoms with Gasteiger partial charge in [-0.05, 0) is 43.3 Å². The van der Waals surface area contributed by atoms with Gasteiger partial charge >= 0.3 is 0 Å². The Morgan fingerprint density at radius 2 is 1.84 bits per heavy atom. The number of hydrogen-bond acceptors (Lipinski definition) is 7. The molecule has 37 heavy (non-hydrogen) atoms. The van der Waals surface area contributed by atoms with Crippen molar-refractivity contribution in [2.24, 2.45) is 0 Å². The Hall–Kier alpha value is -4.70. The van der Waals surface area contributed by atoms with Crippen molar-refractivity contribution >= 4 is 50.5 Å². The Bertz CT molecular complexity index is 1810. The zero-order valence-electron chi connectivity index (χ0n) is 20.0. The highest BCUT2D eigenvalue weighted by Crippen LogP contribution is 2.36. The van der Waals surface area contributed by atoms with Gasteiger partial charge in [0.1, 0.15) is 5.69 Å². The summed E-state index contributed by atoms with van der Waals surface area (Å²) in [7, 11) is 0. The molecule has 0 atom stereocenters. The van der Waals surface area contributed by atoms with Gasteiger partial charge in [-0.2, -0.15) is 5.10 Å². The molecule has 6 aromatic rings. The number of thiophene rings is 1. The highest BCUT2D eigenvalue weighted by Gasteiger charge is 2.17. The molecular formula is C27H21N7O2S. The van der Waals surface area contributed by atoms with Crippen LogP contribution in [0.25, 0.3) is 55.0 Å². The van der Waals surface area contributed by atoms with Crippen molar-refractivity contribution in [1.29, 1.82) is 0 Å². The highest BCUT2D eigenvalue weighted by molar-refractivity contribution is 7.17. The first-order valence-electron chi connectivity index (χ1n) is 11.7. The first-order chi connectivity index (χ1) is 18.0. The molecule has 9 nitrogen and oxygen atoms in total. The SMILES string of the molecule is CCC(=O)Nc1cncc(-c2cc3c(-c4cc5c(-c6ccc(C(C)=O)s6)nccc5[nH]4)n[nH]c3cn2)c1. The smallest absolute Gasteiger partial charge is 0.224 e. The largest absolute Gasteiger partial charge is 0.353 e. The predicted octanol–water partition coefficient (Wildman–Crippen LogP) is 5.84. The summed E-state index contributed by atoms with van der Waals surface area (Å²) in [4.78, 5) is 42.1. The topological polar surface area (TPSA) is 129 Å². The van der Waals surface area contributed by atoms with E-state index in [0.717, 1.165) is 49.3 Å². The zero-order valence-corrected chi connectivity index (χ0v) is 20.8. The van der Waals surface area contributed by atoms with Gasteiger partial charge < -0.3 is 10.3 Å². The van der Waals surface area contributed by atoms with Crippen LogP contribution in [0.4, 0.5) is 5.69 Å². The molecular weight excluding hydrogens is 486 g/mol. The van der Waals surface area contributed by atoms with E-state index in [9.17, 15) is 9.59 Å². The second-order valence-electron chi connectivity index (χ2n) is 8.58. The summed E-state index contributed by atoms with van der Waals surface area (Å²) in [6.45, 7) is 3.37. The van der Waals surface area contributed by atoms with Gasteiger partial charge in [-0.3, -0.25) is 29.6 Å². The molecule has 0 aliphatic rings. The molecule has 182 valence electrons. The van der Waals surface area contributed by atoms with Crippen molar-refractivity contribution in [3.05, 3.63) is 66.1 Å². The number of carbonyl (C=O) groups is 2. The maximum atomic E-state index is 11.8. The molecule has 0 bridgehead atoms. The maximum Gasteiger partial charge on any atom is 0.224 e. The number of pyridine rings is 3. The lowest BCUT2D eigenvalue weighted by molar-refractivity contribution is -0.115. The van der Waals surface area contributed by atoms with Gasteiger partial charge in [0.2, 0.25) is 5.91 Å². The van der Waals surface area contributed by atoms with Gasteiger partial charge in [0.25, 0.3) is 0 Å². The number of nitrogens with zero attached hydrogens (tertiary/aromatic N) is 4. The predicted molar refractivity (Wildman–Crippen MR) is 144 cm³/mol.